The molecule has 6 heteroatoms. The number of hydrogen-bond donors (Lipinski definition) is 1. The summed E-state index contributed by atoms with van der Waals surface area (Å²) in [7, 11) is 3.39. The van der Waals surface area contributed by atoms with Gasteiger partial charge in [0.15, 0.2) is 5.13 Å². The minimum Gasteiger partial charge on any atom is -0.385 e. The van der Waals surface area contributed by atoms with E-state index in [0.717, 1.165) is 6.42 Å². The van der Waals surface area contributed by atoms with Gasteiger partial charge in [0, 0.05) is 32.7 Å². The first-order valence-electron chi connectivity index (χ1n) is 4.60. The molecule has 0 aliphatic carbocycles. The summed E-state index contributed by atoms with van der Waals surface area (Å²) in [5.41, 5.74) is 5.87. The Morgan fingerprint density at radius 2 is 2.47 bits per heavy atom. The van der Waals surface area contributed by atoms with Crippen LogP contribution < -0.4 is 5.73 Å². The van der Waals surface area contributed by atoms with Crippen LogP contribution in [0.4, 0.5) is 5.13 Å². The first-order chi connectivity index (χ1) is 7.15. The monoisotopic (exact) mass is 229 g/mol. The van der Waals surface area contributed by atoms with Crippen LogP contribution in [0.1, 0.15) is 16.9 Å². The molecule has 0 saturated heterocycles. The van der Waals surface area contributed by atoms with Gasteiger partial charge in [0.05, 0.1) is 0 Å². The maximum atomic E-state index is 11.7. The highest BCUT2D eigenvalue weighted by molar-refractivity contribution is 7.13. The smallest absolute Gasteiger partial charge is 0.273 e. The second kappa shape index (κ2) is 5.67. The number of methoxy groups -OCH3 is 1. The molecule has 1 rings (SSSR count). The lowest BCUT2D eigenvalue weighted by Crippen LogP contribution is -2.28. The predicted molar refractivity (Wildman–Crippen MR) is 60.0 cm³/mol. The number of anilines is 1. The van der Waals surface area contributed by atoms with Crippen LogP contribution in [0, 0.1) is 0 Å². The maximum Gasteiger partial charge on any atom is 0.273 e. The number of nitrogen functional groups attached to an aromatic ring is 1. The molecule has 0 unspecified atom stereocenters. The Bertz CT molecular complexity index is 327. The van der Waals surface area contributed by atoms with Crippen LogP contribution in [0.15, 0.2) is 5.38 Å². The van der Waals surface area contributed by atoms with E-state index in [1.54, 1.807) is 24.4 Å². The van der Waals surface area contributed by atoms with E-state index in [1.165, 1.54) is 11.3 Å². The average molecular weight is 229 g/mol. The number of hydrogen-bond acceptors (Lipinski definition) is 5. The van der Waals surface area contributed by atoms with Gasteiger partial charge in [-0.25, -0.2) is 4.98 Å². The van der Waals surface area contributed by atoms with Crippen molar-refractivity contribution < 1.29 is 9.53 Å². The third kappa shape index (κ3) is 3.49. The van der Waals surface area contributed by atoms with Crippen molar-refractivity contribution in [1.82, 2.24) is 9.88 Å². The number of aromatic nitrogens is 1. The zero-order chi connectivity index (χ0) is 11.3. The number of amides is 1. The maximum absolute atomic E-state index is 11.7. The Kier molecular flexibility index (Phi) is 4.51. The summed E-state index contributed by atoms with van der Waals surface area (Å²) < 4.78 is 4.91. The van der Waals surface area contributed by atoms with E-state index in [2.05, 4.69) is 4.98 Å². The standard InChI is InChI=1S/C9H15N3O2S/c1-12(4-3-5-14-2)8(13)7-6-15-9(10)11-7/h6H,3-5H2,1-2H3,(H2,10,11). The van der Waals surface area contributed by atoms with Gasteiger partial charge in [-0.05, 0) is 6.42 Å². The summed E-state index contributed by atoms with van der Waals surface area (Å²) in [5, 5.41) is 2.09. The predicted octanol–water partition coefficient (Wildman–Crippen LogP) is 0.834. The molecule has 0 aromatic carbocycles. The van der Waals surface area contributed by atoms with Crippen LogP contribution in [-0.2, 0) is 4.74 Å². The van der Waals surface area contributed by atoms with E-state index in [-0.39, 0.29) is 5.91 Å². The van der Waals surface area contributed by atoms with Crippen molar-refractivity contribution >= 4 is 22.4 Å². The van der Waals surface area contributed by atoms with Gasteiger partial charge < -0.3 is 15.4 Å². The van der Waals surface area contributed by atoms with Gasteiger partial charge in [-0.2, -0.15) is 0 Å². The van der Waals surface area contributed by atoms with Crippen molar-refractivity contribution in [1.29, 1.82) is 0 Å². The number of carbonyl (C=O) groups excluding carboxylic acids is 1. The third-order valence-electron chi connectivity index (χ3n) is 1.93. The normalized spacial score (nSPS) is 10.3. The number of nitrogens with zero attached hydrogens (tertiary/aromatic N) is 2. The molecule has 0 radical (unpaired) electrons. The van der Waals surface area contributed by atoms with Crippen LogP contribution in [0.2, 0.25) is 0 Å². The molecule has 2 N–H and O–H groups in total. The van der Waals surface area contributed by atoms with Gasteiger partial charge in [0.1, 0.15) is 5.69 Å². The van der Waals surface area contributed by atoms with E-state index in [9.17, 15) is 4.79 Å². The van der Waals surface area contributed by atoms with Crippen molar-refractivity contribution in [3.63, 3.8) is 0 Å². The summed E-state index contributed by atoms with van der Waals surface area (Å²) in [4.78, 5) is 17.3. The minimum atomic E-state index is -0.0981. The van der Waals surface area contributed by atoms with Gasteiger partial charge in [0.25, 0.3) is 5.91 Å². The van der Waals surface area contributed by atoms with E-state index in [0.29, 0.717) is 24.0 Å². The summed E-state index contributed by atoms with van der Waals surface area (Å²) in [6.45, 7) is 1.31. The number of carbonyl (C=O) groups is 1. The number of thiazole rings is 1. The lowest BCUT2D eigenvalue weighted by atomic mass is 10.3. The minimum absolute atomic E-state index is 0.0981. The van der Waals surface area contributed by atoms with E-state index in [1.807, 2.05) is 0 Å². The van der Waals surface area contributed by atoms with Crippen LogP contribution in [0.25, 0.3) is 0 Å². The summed E-state index contributed by atoms with van der Waals surface area (Å²) in [6, 6.07) is 0. The topological polar surface area (TPSA) is 68.5 Å². The molecule has 0 atom stereocenters. The van der Waals surface area contributed by atoms with Gasteiger partial charge in [0.2, 0.25) is 0 Å². The van der Waals surface area contributed by atoms with E-state index in [4.69, 9.17) is 10.5 Å². The van der Waals surface area contributed by atoms with Crippen LogP contribution in [0.3, 0.4) is 0 Å². The summed E-state index contributed by atoms with van der Waals surface area (Å²) in [6.07, 6.45) is 0.818. The molecule has 1 amide bonds. The lowest BCUT2D eigenvalue weighted by Gasteiger charge is -2.15. The van der Waals surface area contributed by atoms with Gasteiger partial charge >= 0.3 is 0 Å². The quantitative estimate of drug-likeness (QED) is 0.759. The van der Waals surface area contributed by atoms with E-state index < -0.39 is 0 Å². The highest BCUT2D eigenvalue weighted by Crippen LogP contribution is 2.12. The Balaban J connectivity index is 2.46. The Labute approximate surface area is 92.9 Å². The first kappa shape index (κ1) is 11.9. The Hall–Kier alpha value is -1.14. The second-order valence-electron chi connectivity index (χ2n) is 3.14. The third-order valence-corrected chi connectivity index (χ3v) is 2.60. The van der Waals surface area contributed by atoms with Crippen molar-refractivity contribution in [2.45, 2.75) is 6.42 Å². The van der Waals surface area contributed by atoms with Crippen LogP contribution in [-0.4, -0.2) is 43.1 Å². The summed E-state index contributed by atoms with van der Waals surface area (Å²) in [5.74, 6) is -0.0981. The Morgan fingerprint density at radius 3 is 3.00 bits per heavy atom. The first-order valence-corrected chi connectivity index (χ1v) is 5.48. The number of ether oxygens (including phenoxy) is 1. The second-order valence-corrected chi connectivity index (χ2v) is 4.03. The molecule has 0 saturated carbocycles. The van der Waals surface area contributed by atoms with Crippen molar-refractivity contribution in [3.05, 3.63) is 11.1 Å². The molecule has 1 aromatic rings. The van der Waals surface area contributed by atoms with Crippen LogP contribution in [0.5, 0.6) is 0 Å². The fourth-order valence-corrected chi connectivity index (χ4v) is 1.67. The summed E-state index contributed by atoms with van der Waals surface area (Å²) >= 11 is 1.27. The zero-order valence-electron chi connectivity index (χ0n) is 8.90. The molecule has 0 aliphatic rings. The van der Waals surface area contributed by atoms with Gasteiger partial charge in [-0.3, -0.25) is 4.79 Å². The fourth-order valence-electron chi connectivity index (χ4n) is 1.13. The zero-order valence-corrected chi connectivity index (χ0v) is 9.71. The number of rotatable bonds is 5. The molecule has 1 aromatic heterocycles. The molecule has 15 heavy (non-hydrogen) atoms. The lowest BCUT2D eigenvalue weighted by molar-refractivity contribution is 0.0774. The molecule has 0 fully saturated rings. The van der Waals surface area contributed by atoms with E-state index >= 15 is 0 Å². The Morgan fingerprint density at radius 1 is 1.73 bits per heavy atom. The molecule has 1 heterocycles. The van der Waals surface area contributed by atoms with Gasteiger partial charge in [-0.1, -0.05) is 0 Å². The van der Waals surface area contributed by atoms with Crippen LogP contribution >= 0.6 is 11.3 Å². The van der Waals surface area contributed by atoms with Crippen molar-refractivity contribution in [2.75, 3.05) is 33.0 Å². The average Bonchev–Trinajstić information content (AvgIpc) is 2.64. The molecular formula is C9H15N3O2S. The van der Waals surface area contributed by atoms with Gasteiger partial charge in [-0.15, -0.1) is 11.3 Å². The number of nitrogens with two attached hydrogens (primary N) is 1. The molecular weight excluding hydrogens is 214 g/mol. The molecule has 0 spiro atoms. The molecule has 84 valence electrons. The molecule has 0 bridgehead atoms. The highest BCUT2D eigenvalue weighted by atomic mass is 32.1. The molecule has 0 aliphatic heterocycles. The molecule has 5 nitrogen and oxygen atoms in total. The largest absolute Gasteiger partial charge is 0.385 e. The van der Waals surface area contributed by atoms with Crippen molar-refractivity contribution in [2.24, 2.45) is 0 Å². The van der Waals surface area contributed by atoms with Crippen molar-refractivity contribution in [3.8, 4) is 0 Å². The SMILES string of the molecule is COCCCN(C)C(=O)c1csc(N)n1. The highest BCUT2D eigenvalue weighted by Gasteiger charge is 2.13. The fraction of sp³-hybridized carbons (Fsp3) is 0.556.